The second-order valence-electron chi connectivity index (χ2n) is 6.35. The molecule has 0 spiro atoms. The van der Waals surface area contributed by atoms with E-state index in [1.54, 1.807) is 23.6 Å². The van der Waals surface area contributed by atoms with Crippen LogP contribution in [0.3, 0.4) is 0 Å². The van der Waals surface area contributed by atoms with E-state index in [1.807, 2.05) is 31.1 Å². The molecule has 0 saturated carbocycles. The fraction of sp³-hybridized carbons (Fsp3) is 0.444. The summed E-state index contributed by atoms with van der Waals surface area (Å²) in [4.78, 5) is 43.1. The molecule has 0 aliphatic rings. The fourth-order valence-electron chi connectivity index (χ4n) is 2.47. The normalized spacial score (nSPS) is 12.2. The van der Waals surface area contributed by atoms with Crippen LogP contribution in [0, 0.1) is 0 Å². The summed E-state index contributed by atoms with van der Waals surface area (Å²) in [5.74, 6) is -0.443. The number of imide groups is 1. The van der Waals surface area contributed by atoms with Crippen LogP contribution in [0.2, 0.25) is 0 Å². The maximum Gasteiger partial charge on any atom is 0.321 e. The number of carbonyl (C=O) groups is 2. The first-order chi connectivity index (χ1) is 12.8. The third-order valence-electron chi connectivity index (χ3n) is 3.93. The number of aromatic nitrogens is 2. The van der Waals surface area contributed by atoms with Gasteiger partial charge in [-0.15, -0.1) is 0 Å². The average molecular weight is 391 g/mol. The molecule has 1 aromatic heterocycles. The average Bonchev–Trinajstić information content (AvgIpc) is 2.63. The summed E-state index contributed by atoms with van der Waals surface area (Å²) < 4.78 is 1.61. The highest BCUT2D eigenvalue weighted by Gasteiger charge is 2.20. The highest BCUT2D eigenvalue weighted by Crippen LogP contribution is 2.23. The smallest absolute Gasteiger partial charge is 0.321 e. The Balaban J connectivity index is 2.33. The second kappa shape index (κ2) is 9.52. The second-order valence-corrected chi connectivity index (χ2v) is 7.66. The van der Waals surface area contributed by atoms with Gasteiger partial charge in [-0.2, -0.15) is 0 Å². The van der Waals surface area contributed by atoms with Crippen LogP contribution in [0.1, 0.15) is 13.3 Å². The Morgan fingerprint density at radius 1 is 1.30 bits per heavy atom. The maximum absolute atomic E-state index is 12.9. The summed E-state index contributed by atoms with van der Waals surface area (Å²) in [5.41, 5.74) is 0.466. The molecule has 2 aromatic rings. The lowest BCUT2D eigenvalue weighted by Gasteiger charge is -2.17. The van der Waals surface area contributed by atoms with E-state index >= 15 is 0 Å². The predicted molar refractivity (Wildman–Crippen MR) is 107 cm³/mol. The molecule has 0 aliphatic carbocycles. The predicted octanol–water partition coefficient (Wildman–Crippen LogP) is 1.28. The van der Waals surface area contributed by atoms with E-state index in [1.165, 1.54) is 7.05 Å². The van der Waals surface area contributed by atoms with Crippen LogP contribution < -0.4 is 16.2 Å². The molecule has 146 valence electrons. The SMILES string of the molecule is CNC(=O)NC(=O)[C@@H](C)Sc1nc2ccccc2c(=O)n1CCCN(C)C. The summed E-state index contributed by atoms with van der Waals surface area (Å²) in [6.45, 7) is 3.01. The number of thioether (sulfide) groups is 1. The molecule has 0 aliphatic heterocycles. The highest BCUT2D eigenvalue weighted by atomic mass is 32.2. The van der Waals surface area contributed by atoms with E-state index in [0.29, 0.717) is 22.6 Å². The van der Waals surface area contributed by atoms with E-state index < -0.39 is 17.2 Å². The molecular formula is C18H25N5O3S. The Morgan fingerprint density at radius 3 is 2.67 bits per heavy atom. The van der Waals surface area contributed by atoms with Gasteiger partial charge in [0.2, 0.25) is 5.91 Å². The lowest BCUT2D eigenvalue weighted by Crippen LogP contribution is -2.41. The van der Waals surface area contributed by atoms with Crippen molar-refractivity contribution in [1.29, 1.82) is 0 Å². The van der Waals surface area contributed by atoms with Gasteiger partial charge in [0.15, 0.2) is 5.16 Å². The van der Waals surface area contributed by atoms with Crippen molar-refractivity contribution in [2.75, 3.05) is 27.7 Å². The maximum atomic E-state index is 12.9. The fourth-order valence-corrected chi connectivity index (χ4v) is 3.40. The number of urea groups is 1. The molecule has 0 unspecified atom stereocenters. The number of benzene rings is 1. The molecule has 2 rings (SSSR count). The summed E-state index contributed by atoms with van der Waals surface area (Å²) in [7, 11) is 5.39. The number of hydrogen-bond donors (Lipinski definition) is 2. The van der Waals surface area contributed by atoms with E-state index in [4.69, 9.17) is 0 Å². The Hall–Kier alpha value is -2.39. The first kappa shape index (κ1) is 20.9. The van der Waals surface area contributed by atoms with Gasteiger partial charge in [0, 0.05) is 13.6 Å². The van der Waals surface area contributed by atoms with Crippen LogP contribution in [0.4, 0.5) is 4.79 Å². The van der Waals surface area contributed by atoms with Crippen molar-refractivity contribution in [1.82, 2.24) is 25.1 Å². The van der Waals surface area contributed by atoms with Crippen LogP contribution in [-0.4, -0.2) is 59.3 Å². The monoisotopic (exact) mass is 391 g/mol. The van der Waals surface area contributed by atoms with Crippen LogP contribution >= 0.6 is 11.8 Å². The molecule has 9 heteroatoms. The van der Waals surface area contributed by atoms with Crippen molar-refractivity contribution in [3.05, 3.63) is 34.6 Å². The molecule has 0 bridgehead atoms. The van der Waals surface area contributed by atoms with Crippen molar-refractivity contribution >= 4 is 34.6 Å². The van der Waals surface area contributed by atoms with Crippen LogP contribution in [-0.2, 0) is 11.3 Å². The number of amides is 3. The van der Waals surface area contributed by atoms with Gasteiger partial charge in [-0.25, -0.2) is 9.78 Å². The quantitative estimate of drug-likeness (QED) is 0.545. The number of nitrogens with zero attached hydrogens (tertiary/aromatic N) is 3. The number of fused-ring (bicyclic) bond motifs is 1. The molecule has 8 nitrogen and oxygen atoms in total. The number of rotatable bonds is 7. The van der Waals surface area contributed by atoms with Gasteiger partial charge >= 0.3 is 6.03 Å². The molecule has 27 heavy (non-hydrogen) atoms. The van der Waals surface area contributed by atoms with Crippen molar-refractivity contribution < 1.29 is 9.59 Å². The minimum absolute atomic E-state index is 0.124. The van der Waals surface area contributed by atoms with Crippen LogP contribution in [0.15, 0.2) is 34.2 Å². The van der Waals surface area contributed by atoms with Gasteiger partial charge in [0.05, 0.1) is 16.2 Å². The Labute approximate surface area is 162 Å². The Morgan fingerprint density at radius 2 is 2.00 bits per heavy atom. The van der Waals surface area contributed by atoms with Crippen LogP contribution in [0.25, 0.3) is 10.9 Å². The van der Waals surface area contributed by atoms with E-state index in [-0.39, 0.29) is 5.56 Å². The van der Waals surface area contributed by atoms with Gasteiger partial charge in [-0.05, 0) is 46.1 Å². The lowest BCUT2D eigenvalue weighted by atomic mass is 10.2. The molecule has 0 saturated heterocycles. The minimum atomic E-state index is -0.588. The van der Waals surface area contributed by atoms with Gasteiger partial charge in [-0.1, -0.05) is 23.9 Å². The van der Waals surface area contributed by atoms with Crippen molar-refractivity contribution in [2.24, 2.45) is 0 Å². The largest absolute Gasteiger partial charge is 0.341 e. The molecular weight excluding hydrogens is 366 g/mol. The van der Waals surface area contributed by atoms with E-state index in [2.05, 4.69) is 15.6 Å². The third kappa shape index (κ3) is 5.54. The molecule has 1 atom stereocenters. The van der Waals surface area contributed by atoms with Crippen molar-refractivity contribution in [3.63, 3.8) is 0 Å². The molecule has 3 amide bonds. The van der Waals surface area contributed by atoms with Crippen molar-refractivity contribution in [3.8, 4) is 0 Å². The third-order valence-corrected chi connectivity index (χ3v) is 5.02. The summed E-state index contributed by atoms with van der Waals surface area (Å²) in [5, 5.41) is 5.02. The number of nitrogens with one attached hydrogen (secondary N) is 2. The summed E-state index contributed by atoms with van der Waals surface area (Å²) in [6.07, 6.45) is 0.777. The Kier molecular flexibility index (Phi) is 7.37. The zero-order chi connectivity index (χ0) is 20.0. The zero-order valence-corrected chi connectivity index (χ0v) is 16.8. The molecule has 1 aromatic carbocycles. The first-order valence-corrected chi connectivity index (χ1v) is 9.55. The minimum Gasteiger partial charge on any atom is -0.341 e. The van der Waals surface area contributed by atoms with Gasteiger partial charge in [-0.3, -0.25) is 19.5 Å². The summed E-state index contributed by atoms with van der Waals surface area (Å²) in [6, 6.07) is 6.59. The lowest BCUT2D eigenvalue weighted by molar-refractivity contribution is -0.119. The highest BCUT2D eigenvalue weighted by molar-refractivity contribution is 8.00. The topological polar surface area (TPSA) is 96.3 Å². The molecule has 0 fully saturated rings. The molecule has 0 radical (unpaired) electrons. The van der Waals surface area contributed by atoms with Gasteiger partial charge in [0.25, 0.3) is 5.56 Å². The van der Waals surface area contributed by atoms with Gasteiger partial charge in [0.1, 0.15) is 0 Å². The molecule has 2 N–H and O–H groups in total. The number of hydrogen-bond acceptors (Lipinski definition) is 6. The zero-order valence-electron chi connectivity index (χ0n) is 16.0. The molecule has 1 heterocycles. The number of carbonyl (C=O) groups excluding carboxylic acids is 2. The van der Waals surface area contributed by atoms with Crippen molar-refractivity contribution in [2.45, 2.75) is 30.3 Å². The standard InChI is InChI=1S/C18H25N5O3S/c1-12(15(24)21-17(26)19-2)27-18-20-14-9-6-5-8-13(14)16(25)23(18)11-7-10-22(3)4/h5-6,8-9,12H,7,10-11H2,1-4H3,(H2,19,21,24,26)/t12-/m1/s1. The Bertz CT molecular complexity index is 881. The first-order valence-electron chi connectivity index (χ1n) is 8.67. The van der Waals surface area contributed by atoms with Crippen LogP contribution in [0.5, 0.6) is 0 Å². The summed E-state index contributed by atoms with van der Waals surface area (Å²) >= 11 is 1.16. The van der Waals surface area contributed by atoms with Gasteiger partial charge < -0.3 is 10.2 Å². The van der Waals surface area contributed by atoms with E-state index in [0.717, 1.165) is 24.7 Å². The number of para-hydroxylation sites is 1. The van der Waals surface area contributed by atoms with E-state index in [9.17, 15) is 14.4 Å².